The van der Waals surface area contributed by atoms with E-state index < -0.39 is 35.4 Å². The van der Waals surface area contributed by atoms with Gasteiger partial charge < -0.3 is 35.0 Å². The molecule has 1 aliphatic rings. The number of aliphatic hydroxyl groups excluding tert-OH is 1. The quantitative estimate of drug-likeness (QED) is 0.0683. The fourth-order valence-corrected chi connectivity index (χ4v) is 9.38. The van der Waals surface area contributed by atoms with E-state index in [1.54, 1.807) is 47.5 Å². The van der Waals surface area contributed by atoms with E-state index in [9.17, 15) is 24.3 Å². The van der Waals surface area contributed by atoms with E-state index >= 15 is 0 Å². The lowest BCUT2D eigenvalue weighted by molar-refractivity contribution is -0.144. The molecule has 12 nitrogen and oxygen atoms in total. The second-order valence-electron chi connectivity index (χ2n) is 18.7. The van der Waals surface area contributed by atoms with Crippen LogP contribution in [0.2, 0.25) is 0 Å². The Kier molecular flexibility index (Phi) is 17.0. The largest absolute Gasteiger partial charge is 0.492 e. The molecule has 0 spiro atoms. The number of aliphatic hydroxyl groups is 1. The van der Waals surface area contributed by atoms with Crippen molar-refractivity contribution in [3.8, 4) is 21.9 Å². The number of β-amino-alcohol motifs (C(OH)–C–C–N with tert-alkyl or cyclic N) is 1. The number of aryl methyl sites for hydroxylation is 1. The topological polar surface area (TPSA) is 150 Å². The number of ether oxygens (including phenoxy) is 2. The Morgan fingerprint density at radius 1 is 0.814 bits per heavy atom. The third kappa shape index (κ3) is 13.2. The van der Waals surface area contributed by atoms with Gasteiger partial charge in [0.15, 0.2) is 6.61 Å². The van der Waals surface area contributed by atoms with Crippen LogP contribution in [0.4, 0.5) is 0 Å². The molecule has 1 aliphatic heterocycles. The minimum absolute atomic E-state index is 0.0314. The Morgan fingerprint density at radius 3 is 2.03 bits per heavy atom. The van der Waals surface area contributed by atoms with E-state index in [0.29, 0.717) is 18.9 Å². The normalized spacial score (nSPS) is 15.4. The average molecular weight is 962 g/mol. The van der Waals surface area contributed by atoms with Gasteiger partial charge in [0.2, 0.25) is 17.7 Å². The van der Waals surface area contributed by atoms with Gasteiger partial charge in [0.1, 0.15) is 30.2 Å². The number of carbonyl (C=O) groups excluding carboxylic acids is 4. The second kappa shape index (κ2) is 23.5. The molecule has 0 radical (unpaired) electrons. The van der Waals surface area contributed by atoms with Crippen LogP contribution >= 0.6 is 11.3 Å². The number of likely N-dealkylation sites (tertiary alicyclic amines) is 1. The Balaban J connectivity index is 0.864. The number of amides is 4. The van der Waals surface area contributed by atoms with E-state index in [1.807, 2.05) is 81.7 Å². The summed E-state index contributed by atoms with van der Waals surface area (Å²) < 4.78 is 11.9. The Labute approximate surface area is 415 Å². The molecule has 2 heterocycles. The third-order valence-electron chi connectivity index (χ3n) is 12.5. The lowest BCUT2D eigenvalue weighted by atomic mass is 9.85. The standard InChI is InChI=1S/C57H63N5O7S/c1-7-48(41-14-10-8-11-15-41)52(42-16-12-9-13-17-42)43-24-28-46(29-25-43)68-31-30-61(6)51(65)32-39-20-26-47(27-21-39)69-36-50(64)60-54(57(3,4)5)56(67)62-35-45(63)33-49(62)55(66)58-34-40-18-22-44(23-19-40)53-38(2)59-37-70-53/h8-29,37,45,49,54,63H,7,30-36H2,1-6H3,(H,58,66)(H,60,64)/b52-48-/t45-,49+,54-/m1/s1. The number of rotatable bonds is 19. The molecular formula is C57H63N5O7S. The number of aromatic nitrogens is 1. The molecule has 0 aliphatic carbocycles. The van der Waals surface area contributed by atoms with Gasteiger partial charge in [-0.3, -0.25) is 19.2 Å². The van der Waals surface area contributed by atoms with Gasteiger partial charge in [-0.05, 0) is 87.6 Å². The lowest BCUT2D eigenvalue weighted by Gasteiger charge is -2.35. The van der Waals surface area contributed by atoms with Gasteiger partial charge in [0.25, 0.3) is 5.91 Å². The number of allylic oxidation sites excluding steroid dienone is 1. The van der Waals surface area contributed by atoms with Crippen LogP contribution in [0, 0.1) is 12.3 Å². The number of nitrogens with zero attached hydrogens (tertiary/aromatic N) is 3. The summed E-state index contributed by atoms with van der Waals surface area (Å²) in [5, 5.41) is 16.4. The van der Waals surface area contributed by atoms with Crippen molar-refractivity contribution in [3.05, 3.63) is 172 Å². The lowest BCUT2D eigenvalue weighted by Crippen LogP contribution is -2.58. The van der Waals surface area contributed by atoms with E-state index in [2.05, 4.69) is 83.2 Å². The molecule has 1 saturated heterocycles. The van der Waals surface area contributed by atoms with Crippen LogP contribution in [-0.4, -0.2) is 95.1 Å². The monoisotopic (exact) mass is 961 g/mol. The van der Waals surface area contributed by atoms with Crippen molar-refractivity contribution in [1.82, 2.24) is 25.4 Å². The molecule has 0 bridgehead atoms. The third-order valence-corrected chi connectivity index (χ3v) is 13.4. The molecule has 6 aromatic rings. The molecule has 0 unspecified atom stereocenters. The Bertz CT molecular complexity index is 2730. The van der Waals surface area contributed by atoms with E-state index in [4.69, 9.17) is 9.47 Å². The molecule has 70 heavy (non-hydrogen) atoms. The van der Waals surface area contributed by atoms with Crippen LogP contribution in [0.15, 0.2) is 139 Å². The van der Waals surface area contributed by atoms with Gasteiger partial charge in [0, 0.05) is 26.6 Å². The summed E-state index contributed by atoms with van der Waals surface area (Å²) in [7, 11) is 1.75. The summed E-state index contributed by atoms with van der Waals surface area (Å²) in [5.74, 6) is -0.299. The first kappa shape index (κ1) is 50.8. The van der Waals surface area contributed by atoms with Gasteiger partial charge >= 0.3 is 0 Å². The van der Waals surface area contributed by atoms with Gasteiger partial charge in [-0.2, -0.15) is 0 Å². The molecule has 3 N–H and O–H groups in total. The number of nitrogens with one attached hydrogen (secondary N) is 2. The first-order valence-corrected chi connectivity index (χ1v) is 24.6. The van der Waals surface area contributed by atoms with Crippen LogP contribution < -0.4 is 20.1 Å². The van der Waals surface area contributed by atoms with Crippen LogP contribution in [0.1, 0.15) is 74.0 Å². The average Bonchev–Trinajstić information content (AvgIpc) is 3.99. The highest BCUT2D eigenvalue weighted by molar-refractivity contribution is 7.13. The van der Waals surface area contributed by atoms with Crippen LogP contribution in [0.5, 0.6) is 11.5 Å². The maximum atomic E-state index is 14.1. The number of hydrogen-bond donors (Lipinski definition) is 3. The van der Waals surface area contributed by atoms with Crippen molar-refractivity contribution < 1.29 is 33.8 Å². The fraction of sp³-hybridized carbons (Fsp3) is 0.316. The Hall–Kier alpha value is -7.09. The summed E-state index contributed by atoms with van der Waals surface area (Å²) in [6.07, 6.45) is 0.240. The van der Waals surface area contributed by atoms with E-state index in [1.165, 1.54) is 21.6 Å². The maximum Gasteiger partial charge on any atom is 0.258 e. The smallest absolute Gasteiger partial charge is 0.258 e. The molecule has 1 fully saturated rings. The number of hydrogen-bond acceptors (Lipinski definition) is 9. The summed E-state index contributed by atoms with van der Waals surface area (Å²) >= 11 is 1.57. The summed E-state index contributed by atoms with van der Waals surface area (Å²) in [4.78, 5) is 62.5. The number of carbonyl (C=O) groups is 4. The molecule has 13 heteroatoms. The van der Waals surface area contributed by atoms with Crippen molar-refractivity contribution in [3.63, 3.8) is 0 Å². The van der Waals surface area contributed by atoms with Gasteiger partial charge in [0.05, 0.1) is 35.2 Å². The zero-order valence-corrected chi connectivity index (χ0v) is 41.6. The van der Waals surface area contributed by atoms with Crippen molar-refractivity contribution in [1.29, 1.82) is 0 Å². The highest BCUT2D eigenvalue weighted by Gasteiger charge is 2.44. The van der Waals surface area contributed by atoms with Crippen LogP contribution in [0.25, 0.3) is 21.6 Å². The van der Waals surface area contributed by atoms with Crippen molar-refractivity contribution in [2.45, 2.75) is 78.6 Å². The molecule has 1 aromatic heterocycles. The molecule has 0 saturated carbocycles. The van der Waals surface area contributed by atoms with Gasteiger partial charge in [-0.25, -0.2) is 4.98 Å². The fourth-order valence-electron chi connectivity index (χ4n) is 8.57. The summed E-state index contributed by atoms with van der Waals surface area (Å²) in [6.45, 7) is 10.2. The summed E-state index contributed by atoms with van der Waals surface area (Å²) in [5.41, 5.74) is 10.6. The minimum Gasteiger partial charge on any atom is -0.492 e. The second-order valence-corrected chi connectivity index (χ2v) is 19.5. The molecule has 5 aromatic carbocycles. The van der Waals surface area contributed by atoms with E-state index in [-0.39, 0.29) is 44.4 Å². The first-order valence-electron chi connectivity index (χ1n) is 23.8. The number of likely N-dealkylation sites (N-methyl/N-ethyl adjacent to an activating group) is 1. The van der Waals surface area contributed by atoms with Crippen molar-refractivity contribution in [2.75, 3.05) is 33.4 Å². The highest BCUT2D eigenvalue weighted by Crippen LogP contribution is 2.35. The number of thiazole rings is 1. The highest BCUT2D eigenvalue weighted by atomic mass is 32.1. The van der Waals surface area contributed by atoms with Crippen molar-refractivity contribution in [2.24, 2.45) is 5.41 Å². The maximum absolute atomic E-state index is 14.1. The SMILES string of the molecule is CC/C(=C(\c1ccccc1)c1ccc(OCCN(C)C(=O)Cc2ccc(OCC(=O)N[C@H](C(=O)N3C[C@H](O)C[C@H]3C(=O)NCc3ccc(-c4scnc4C)cc3)C(C)(C)C)cc2)cc1)c1ccccc1. The van der Waals surface area contributed by atoms with Gasteiger partial charge in [-0.1, -0.05) is 137 Å². The first-order chi connectivity index (χ1) is 33.7. The predicted molar refractivity (Wildman–Crippen MR) is 276 cm³/mol. The number of benzene rings is 5. The molecular weight excluding hydrogens is 899 g/mol. The van der Waals surface area contributed by atoms with Crippen molar-refractivity contribution >= 4 is 46.1 Å². The summed E-state index contributed by atoms with van der Waals surface area (Å²) in [6, 6.07) is 41.9. The molecule has 7 rings (SSSR count). The van der Waals surface area contributed by atoms with Crippen LogP contribution in [0.3, 0.4) is 0 Å². The van der Waals surface area contributed by atoms with Gasteiger partial charge in [-0.15, -0.1) is 11.3 Å². The van der Waals surface area contributed by atoms with E-state index in [0.717, 1.165) is 50.6 Å². The Morgan fingerprint density at radius 2 is 1.41 bits per heavy atom. The molecule has 4 amide bonds. The zero-order chi connectivity index (χ0) is 49.8. The molecule has 364 valence electrons. The predicted octanol–water partition coefficient (Wildman–Crippen LogP) is 8.76. The zero-order valence-electron chi connectivity index (χ0n) is 40.8. The molecule has 3 atom stereocenters. The minimum atomic E-state index is -1.00. The van der Waals surface area contributed by atoms with Crippen LogP contribution in [-0.2, 0) is 32.1 Å².